The highest BCUT2D eigenvalue weighted by molar-refractivity contribution is 5.84. The number of ketones is 1. The molecule has 0 aromatic heterocycles. The highest BCUT2D eigenvalue weighted by atomic mass is 16.3. The fourth-order valence-corrected chi connectivity index (χ4v) is 0.713. The fraction of sp³-hybridized carbons (Fsp3) is 0.800. The summed E-state index contributed by atoms with van der Waals surface area (Å²) in [6.07, 6.45) is 1.22. The number of hydrogen-bond acceptors (Lipinski definition) is 2. The van der Waals surface area contributed by atoms with Crippen molar-refractivity contribution in [3.05, 3.63) is 0 Å². The van der Waals surface area contributed by atoms with Crippen molar-refractivity contribution in [3.8, 4) is 0 Å². The summed E-state index contributed by atoms with van der Waals surface area (Å²) in [5, 5.41) is 8.35. The molecule has 0 radical (unpaired) electrons. The van der Waals surface area contributed by atoms with E-state index >= 15 is 0 Å². The predicted octanol–water partition coefficient (Wildman–Crippen LogP) is -0.0422. The van der Waals surface area contributed by atoms with Gasteiger partial charge in [-0.2, -0.15) is 0 Å². The van der Waals surface area contributed by atoms with Crippen LogP contribution in [-0.4, -0.2) is 17.5 Å². The number of carbonyl (C=O) groups is 1. The Morgan fingerprint density at radius 2 is 2.29 bits per heavy atom. The van der Waals surface area contributed by atoms with E-state index < -0.39 is 0 Å². The van der Waals surface area contributed by atoms with Gasteiger partial charge in [0, 0.05) is 19.4 Å². The minimum absolute atomic E-state index is 0.186. The van der Waals surface area contributed by atoms with E-state index in [-0.39, 0.29) is 6.61 Å². The van der Waals surface area contributed by atoms with Crippen molar-refractivity contribution in [1.29, 1.82) is 0 Å². The third kappa shape index (κ3) is 0.800. The van der Waals surface area contributed by atoms with Crippen LogP contribution in [0.2, 0.25) is 0 Å². The van der Waals surface area contributed by atoms with Crippen molar-refractivity contribution in [2.75, 3.05) is 6.61 Å². The molecule has 40 valence electrons. The lowest BCUT2D eigenvalue weighted by atomic mass is 9.85. The van der Waals surface area contributed by atoms with Crippen LogP contribution in [0.15, 0.2) is 0 Å². The molecule has 0 aromatic carbocycles. The zero-order valence-corrected chi connectivity index (χ0v) is 4.05. The molecule has 1 fully saturated rings. The maximum Gasteiger partial charge on any atom is 0.133 e. The Morgan fingerprint density at radius 3 is 2.43 bits per heavy atom. The molecule has 1 aliphatic rings. The summed E-state index contributed by atoms with van der Waals surface area (Å²) >= 11 is 0. The fourth-order valence-electron chi connectivity index (χ4n) is 0.713. The van der Waals surface area contributed by atoms with Gasteiger partial charge in [-0.25, -0.2) is 0 Å². The van der Waals surface area contributed by atoms with E-state index in [4.69, 9.17) is 5.11 Å². The third-order valence-corrected chi connectivity index (χ3v) is 1.29. The second kappa shape index (κ2) is 1.62. The molecule has 0 unspecified atom stereocenters. The largest absolute Gasteiger partial charge is 0.396 e. The van der Waals surface area contributed by atoms with Crippen LogP contribution < -0.4 is 0 Å². The molecule has 1 aliphatic carbocycles. The molecule has 0 atom stereocenters. The minimum Gasteiger partial charge on any atom is -0.396 e. The normalized spacial score (nSPS) is 22.1. The molecule has 1 N–H and O–H groups in total. The van der Waals surface area contributed by atoms with Crippen LogP contribution in [0.5, 0.6) is 0 Å². The number of rotatable bonds is 1. The van der Waals surface area contributed by atoms with Crippen molar-refractivity contribution >= 4 is 5.78 Å². The Balaban J connectivity index is 2.17. The van der Waals surface area contributed by atoms with Crippen molar-refractivity contribution in [2.24, 2.45) is 5.92 Å². The second-order valence-electron chi connectivity index (χ2n) is 2.00. The van der Waals surface area contributed by atoms with Crippen LogP contribution in [-0.2, 0) is 4.79 Å². The molecule has 0 amide bonds. The van der Waals surface area contributed by atoms with Gasteiger partial charge in [-0.15, -0.1) is 0 Å². The van der Waals surface area contributed by atoms with Crippen molar-refractivity contribution < 1.29 is 9.90 Å². The van der Waals surface area contributed by atoms with Crippen molar-refractivity contribution in [2.45, 2.75) is 12.8 Å². The van der Waals surface area contributed by atoms with Gasteiger partial charge in [-0.05, 0) is 5.92 Å². The van der Waals surface area contributed by atoms with Gasteiger partial charge in [0.2, 0.25) is 0 Å². The van der Waals surface area contributed by atoms with Crippen molar-refractivity contribution in [1.82, 2.24) is 0 Å². The number of aliphatic hydroxyl groups excluding tert-OH is 1. The van der Waals surface area contributed by atoms with Gasteiger partial charge in [-0.3, -0.25) is 4.79 Å². The first-order chi connectivity index (χ1) is 3.33. The van der Waals surface area contributed by atoms with Gasteiger partial charge in [0.25, 0.3) is 0 Å². The summed E-state index contributed by atoms with van der Waals surface area (Å²) < 4.78 is 0. The van der Waals surface area contributed by atoms with Crippen LogP contribution in [0.25, 0.3) is 0 Å². The Morgan fingerprint density at radius 1 is 1.71 bits per heavy atom. The molecular formula is C5H8O2. The molecule has 2 heteroatoms. The number of Topliss-reactive ketones (excluding diaryl/α,β-unsaturated/α-hetero) is 1. The molecule has 0 heterocycles. The maximum atomic E-state index is 10.2. The van der Waals surface area contributed by atoms with E-state index in [1.807, 2.05) is 0 Å². The molecule has 2 nitrogen and oxygen atoms in total. The monoisotopic (exact) mass is 100 g/mol. The molecular weight excluding hydrogens is 92.1 g/mol. The lowest BCUT2D eigenvalue weighted by Crippen LogP contribution is -2.25. The van der Waals surface area contributed by atoms with Gasteiger partial charge in [0.15, 0.2) is 0 Å². The average molecular weight is 100 g/mol. The molecule has 0 saturated heterocycles. The first-order valence-corrected chi connectivity index (χ1v) is 2.45. The van der Waals surface area contributed by atoms with Gasteiger partial charge >= 0.3 is 0 Å². The molecule has 0 spiro atoms. The molecule has 1 rings (SSSR count). The highest BCUT2D eigenvalue weighted by Crippen LogP contribution is 2.20. The van der Waals surface area contributed by atoms with E-state index in [1.54, 1.807) is 0 Å². The SMILES string of the molecule is O=C1CC(CO)C1. The average Bonchev–Trinajstić information content (AvgIpc) is 1.58. The summed E-state index contributed by atoms with van der Waals surface area (Å²) in [5.41, 5.74) is 0. The summed E-state index contributed by atoms with van der Waals surface area (Å²) in [4.78, 5) is 10.2. The zero-order chi connectivity index (χ0) is 5.28. The predicted molar refractivity (Wildman–Crippen MR) is 24.8 cm³/mol. The van der Waals surface area contributed by atoms with Crippen molar-refractivity contribution in [3.63, 3.8) is 0 Å². The molecule has 0 aromatic rings. The molecule has 7 heavy (non-hydrogen) atoms. The van der Waals surface area contributed by atoms with E-state index in [9.17, 15) is 4.79 Å². The minimum atomic E-state index is 0.186. The number of aliphatic hydroxyl groups is 1. The lowest BCUT2D eigenvalue weighted by molar-refractivity contribution is -0.127. The Hall–Kier alpha value is -0.370. The van der Waals surface area contributed by atoms with E-state index in [2.05, 4.69) is 0 Å². The lowest BCUT2D eigenvalue weighted by Gasteiger charge is -2.20. The quantitative estimate of drug-likeness (QED) is 0.502. The topological polar surface area (TPSA) is 37.3 Å². The van der Waals surface area contributed by atoms with E-state index in [0.29, 0.717) is 24.5 Å². The molecule has 0 bridgehead atoms. The molecule has 1 saturated carbocycles. The summed E-state index contributed by atoms with van der Waals surface area (Å²) in [6, 6.07) is 0. The first-order valence-electron chi connectivity index (χ1n) is 2.45. The number of carbonyl (C=O) groups excluding carboxylic acids is 1. The van der Waals surface area contributed by atoms with Gasteiger partial charge in [0.05, 0.1) is 0 Å². The maximum absolute atomic E-state index is 10.2. The zero-order valence-electron chi connectivity index (χ0n) is 4.05. The van der Waals surface area contributed by atoms with Gasteiger partial charge in [0.1, 0.15) is 5.78 Å². The summed E-state index contributed by atoms with van der Waals surface area (Å²) in [6.45, 7) is 0.186. The smallest absolute Gasteiger partial charge is 0.133 e. The Bertz CT molecular complexity index is 80.1. The van der Waals surface area contributed by atoms with Crippen LogP contribution in [0, 0.1) is 5.92 Å². The van der Waals surface area contributed by atoms with E-state index in [0.717, 1.165) is 0 Å². The molecule has 0 aliphatic heterocycles. The standard InChI is InChI=1S/C5H8O2/c6-3-4-1-5(7)2-4/h4,6H,1-3H2. The summed E-state index contributed by atoms with van der Waals surface area (Å²) in [7, 11) is 0. The van der Waals surface area contributed by atoms with Crippen LogP contribution in [0.1, 0.15) is 12.8 Å². The number of hydrogen-bond donors (Lipinski definition) is 1. The highest BCUT2D eigenvalue weighted by Gasteiger charge is 2.24. The van der Waals surface area contributed by atoms with Gasteiger partial charge in [-0.1, -0.05) is 0 Å². The van der Waals surface area contributed by atoms with Crippen LogP contribution in [0.4, 0.5) is 0 Å². The van der Waals surface area contributed by atoms with E-state index in [1.165, 1.54) is 0 Å². The first kappa shape index (κ1) is 4.78. The Kier molecular flexibility index (Phi) is 1.11. The van der Waals surface area contributed by atoms with Crippen LogP contribution in [0.3, 0.4) is 0 Å². The third-order valence-electron chi connectivity index (χ3n) is 1.29. The second-order valence-corrected chi connectivity index (χ2v) is 2.00. The Labute approximate surface area is 42.1 Å². The van der Waals surface area contributed by atoms with Gasteiger partial charge < -0.3 is 5.11 Å². The van der Waals surface area contributed by atoms with Crippen LogP contribution >= 0.6 is 0 Å². The summed E-state index contributed by atoms with van der Waals surface area (Å²) in [5.74, 6) is 0.589.